The van der Waals surface area contributed by atoms with Gasteiger partial charge in [-0.3, -0.25) is 0 Å². The van der Waals surface area contributed by atoms with Gasteiger partial charge in [-0.1, -0.05) is 23.3 Å². The lowest BCUT2D eigenvalue weighted by molar-refractivity contribution is 0.356. The summed E-state index contributed by atoms with van der Waals surface area (Å²) >= 11 is 0. The topological polar surface area (TPSA) is 12.5 Å². The van der Waals surface area contributed by atoms with Crippen LogP contribution in [0.1, 0.15) is 47.0 Å². The Morgan fingerprint density at radius 3 is 2.75 bits per heavy atom. The summed E-state index contributed by atoms with van der Waals surface area (Å²) in [6.07, 6.45) is 8.60. The highest BCUT2D eigenvalue weighted by atomic mass is 16.6. The second kappa shape index (κ2) is 4.48. The molecule has 1 nitrogen and oxygen atoms in total. The zero-order valence-electron chi connectivity index (χ0n) is 10.8. The maximum Gasteiger partial charge on any atom is 0.162 e. The zero-order chi connectivity index (χ0) is 11.7. The van der Waals surface area contributed by atoms with Gasteiger partial charge in [0, 0.05) is 5.92 Å². The molecule has 1 fully saturated rings. The Labute approximate surface area is 98.9 Å². The first-order chi connectivity index (χ1) is 7.59. The predicted octanol–water partition coefficient (Wildman–Crippen LogP) is 4.37. The number of epoxide rings is 1. The minimum Gasteiger partial charge on any atom is -0.482 e. The Hall–Kier alpha value is -0.980. The normalized spacial score (nSPS) is 28.4. The molecule has 0 saturated carbocycles. The van der Waals surface area contributed by atoms with Crippen LogP contribution in [0.2, 0.25) is 0 Å². The summed E-state index contributed by atoms with van der Waals surface area (Å²) in [7, 11) is 0. The molecule has 1 aliphatic carbocycles. The summed E-state index contributed by atoms with van der Waals surface area (Å²) in [5, 5.41) is 0. The van der Waals surface area contributed by atoms with Gasteiger partial charge in [-0.25, -0.2) is 0 Å². The van der Waals surface area contributed by atoms with Crippen LogP contribution in [0.15, 0.2) is 34.6 Å². The molecule has 2 rings (SSSR count). The van der Waals surface area contributed by atoms with Crippen molar-refractivity contribution in [1.29, 1.82) is 0 Å². The summed E-state index contributed by atoms with van der Waals surface area (Å²) in [6, 6.07) is 0. The van der Waals surface area contributed by atoms with Crippen molar-refractivity contribution in [2.75, 3.05) is 0 Å². The molecule has 0 aromatic carbocycles. The van der Waals surface area contributed by atoms with E-state index in [1.54, 1.807) is 0 Å². The first-order valence-electron chi connectivity index (χ1n) is 6.26. The van der Waals surface area contributed by atoms with Crippen LogP contribution in [0.5, 0.6) is 0 Å². The molecule has 0 N–H and O–H groups in total. The van der Waals surface area contributed by atoms with Crippen molar-refractivity contribution >= 4 is 0 Å². The van der Waals surface area contributed by atoms with E-state index < -0.39 is 0 Å². The molecule has 0 aromatic heterocycles. The van der Waals surface area contributed by atoms with Gasteiger partial charge in [0.05, 0.1) is 0 Å². The van der Waals surface area contributed by atoms with E-state index in [1.165, 1.54) is 35.3 Å². The Morgan fingerprint density at radius 1 is 1.31 bits per heavy atom. The van der Waals surface area contributed by atoms with Crippen molar-refractivity contribution in [3.63, 3.8) is 0 Å². The van der Waals surface area contributed by atoms with Gasteiger partial charge in [0.25, 0.3) is 0 Å². The van der Waals surface area contributed by atoms with Crippen molar-refractivity contribution in [1.82, 2.24) is 0 Å². The summed E-state index contributed by atoms with van der Waals surface area (Å²) < 4.78 is 5.67. The highest BCUT2D eigenvalue weighted by molar-refractivity contribution is 5.30. The molecule has 0 spiro atoms. The molecule has 88 valence electrons. The van der Waals surface area contributed by atoms with E-state index in [1.807, 2.05) is 0 Å². The van der Waals surface area contributed by atoms with Gasteiger partial charge in [0.1, 0.15) is 5.76 Å². The molecular weight excluding hydrogens is 196 g/mol. The third kappa shape index (κ3) is 2.40. The van der Waals surface area contributed by atoms with E-state index >= 15 is 0 Å². The summed E-state index contributed by atoms with van der Waals surface area (Å²) in [4.78, 5) is 0. The smallest absolute Gasteiger partial charge is 0.162 e. The van der Waals surface area contributed by atoms with Gasteiger partial charge in [0.15, 0.2) is 6.10 Å². The van der Waals surface area contributed by atoms with Crippen LogP contribution >= 0.6 is 0 Å². The molecule has 2 atom stereocenters. The van der Waals surface area contributed by atoms with Crippen LogP contribution in [0.25, 0.3) is 0 Å². The zero-order valence-corrected chi connectivity index (χ0v) is 10.8. The number of hydrogen-bond donors (Lipinski definition) is 0. The Balaban J connectivity index is 1.97. The average Bonchev–Trinajstić information content (AvgIpc) is 2.97. The van der Waals surface area contributed by atoms with E-state index in [9.17, 15) is 0 Å². The first-order valence-corrected chi connectivity index (χ1v) is 6.26. The number of hydrogen-bond acceptors (Lipinski definition) is 1. The van der Waals surface area contributed by atoms with E-state index in [4.69, 9.17) is 4.74 Å². The molecular formula is C15H22O. The van der Waals surface area contributed by atoms with Gasteiger partial charge in [0.2, 0.25) is 0 Å². The molecule has 0 amide bonds. The summed E-state index contributed by atoms with van der Waals surface area (Å²) in [5.74, 6) is 1.93. The number of allylic oxidation sites excluding steroid dienone is 4. The van der Waals surface area contributed by atoms with Crippen LogP contribution in [0.4, 0.5) is 0 Å². The van der Waals surface area contributed by atoms with E-state index in [-0.39, 0.29) is 0 Å². The van der Waals surface area contributed by atoms with Crippen molar-refractivity contribution in [2.24, 2.45) is 5.92 Å². The maximum absolute atomic E-state index is 5.67. The van der Waals surface area contributed by atoms with Gasteiger partial charge in [-0.05, 0) is 52.5 Å². The van der Waals surface area contributed by atoms with Crippen LogP contribution in [0, 0.1) is 5.92 Å². The molecule has 1 aliphatic heterocycles. The molecule has 1 heterocycles. The molecule has 0 aromatic rings. The van der Waals surface area contributed by atoms with Crippen molar-refractivity contribution in [3.8, 4) is 0 Å². The van der Waals surface area contributed by atoms with Gasteiger partial charge in [-0.15, -0.1) is 0 Å². The third-order valence-corrected chi connectivity index (χ3v) is 3.62. The van der Waals surface area contributed by atoms with Crippen LogP contribution in [-0.2, 0) is 4.74 Å². The quantitative estimate of drug-likeness (QED) is 0.506. The van der Waals surface area contributed by atoms with Gasteiger partial charge < -0.3 is 4.74 Å². The molecule has 1 heteroatoms. The fourth-order valence-corrected chi connectivity index (χ4v) is 2.46. The fourth-order valence-electron chi connectivity index (χ4n) is 2.46. The molecule has 2 aliphatic rings. The largest absolute Gasteiger partial charge is 0.482 e. The second-order valence-corrected chi connectivity index (χ2v) is 5.29. The standard InChI is InChI=1S/C15H22O/c1-10(2)6-5-7-11(3)13-9-8-12(4)14-15(13)16-14/h6-7,13,15H,5,8-9H2,1-4H3/b11-7-/t13-,15+/m0/s1. The highest BCUT2D eigenvalue weighted by Crippen LogP contribution is 2.46. The van der Waals surface area contributed by atoms with Gasteiger partial charge in [-0.2, -0.15) is 0 Å². The van der Waals surface area contributed by atoms with E-state index in [0.29, 0.717) is 12.0 Å². The SMILES string of the molecule is CC(C)=CC/C=C(/C)[C@@H]1CCC(C)=C2O[C@@H]21. The summed E-state index contributed by atoms with van der Waals surface area (Å²) in [6.45, 7) is 8.76. The van der Waals surface area contributed by atoms with Crippen molar-refractivity contribution < 1.29 is 4.74 Å². The second-order valence-electron chi connectivity index (χ2n) is 5.29. The van der Waals surface area contributed by atoms with Crippen molar-refractivity contribution in [3.05, 3.63) is 34.6 Å². The molecule has 1 saturated heterocycles. The van der Waals surface area contributed by atoms with Gasteiger partial charge >= 0.3 is 0 Å². The van der Waals surface area contributed by atoms with Crippen LogP contribution in [-0.4, -0.2) is 6.10 Å². The average molecular weight is 218 g/mol. The predicted molar refractivity (Wildman–Crippen MR) is 68.1 cm³/mol. The monoisotopic (exact) mass is 218 g/mol. The Kier molecular flexibility index (Phi) is 3.22. The molecule has 0 unspecified atom stereocenters. The van der Waals surface area contributed by atoms with E-state index in [0.717, 1.165) is 6.42 Å². The lowest BCUT2D eigenvalue weighted by Gasteiger charge is -2.17. The third-order valence-electron chi connectivity index (χ3n) is 3.62. The summed E-state index contributed by atoms with van der Waals surface area (Å²) in [5.41, 5.74) is 4.37. The highest BCUT2D eigenvalue weighted by Gasteiger charge is 2.44. The number of fused-ring (bicyclic) bond motifs is 1. The molecule has 16 heavy (non-hydrogen) atoms. The lowest BCUT2D eigenvalue weighted by atomic mass is 9.85. The minimum atomic E-state index is 0.428. The lowest BCUT2D eigenvalue weighted by Crippen LogP contribution is -2.13. The minimum absolute atomic E-state index is 0.428. The van der Waals surface area contributed by atoms with Crippen LogP contribution in [0.3, 0.4) is 0 Å². The van der Waals surface area contributed by atoms with E-state index in [2.05, 4.69) is 39.8 Å². The van der Waals surface area contributed by atoms with Crippen LogP contribution < -0.4 is 0 Å². The molecule has 0 radical (unpaired) electrons. The Bertz CT molecular complexity index is 367. The van der Waals surface area contributed by atoms with Crippen molar-refractivity contribution in [2.45, 2.75) is 53.1 Å². The fraction of sp³-hybridized carbons (Fsp3) is 0.600. The Morgan fingerprint density at radius 2 is 2.06 bits per heavy atom. The first kappa shape index (κ1) is 11.5. The molecule has 0 bridgehead atoms. The number of rotatable bonds is 3. The maximum atomic E-state index is 5.67. The number of ether oxygens (including phenoxy) is 1.